The number of aryl methyl sites for hydroxylation is 1. The second-order valence-corrected chi connectivity index (χ2v) is 6.55. The lowest BCUT2D eigenvalue weighted by Gasteiger charge is -2.17. The van der Waals surface area contributed by atoms with Crippen molar-refractivity contribution in [1.82, 2.24) is 4.98 Å². The smallest absolute Gasteiger partial charge is 0.224 e. The third-order valence-corrected chi connectivity index (χ3v) is 4.70. The molecular formula is C18H20N2O2S. The SMILES string of the molecule is O=C1CCc2cc(OCCCCSc3ccccn3)ccc2N1. The van der Waals surface area contributed by atoms with Gasteiger partial charge in [-0.15, -0.1) is 11.8 Å². The van der Waals surface area contributed by atoms with E-state index >= 15 is 0 Å². The Morgan fingerprint density at radius 1 is 1.17 bits per heavy atom. The first-order chi connectivity index (χ1) is 11.3. The normalized spacial score (nSPS) is 13.3. The molecule has 1 aromatic heterocycles. The zero-order valence-corrected chi connectivity index (χ0v) is 13.8. The van der Waals surface area contributed by atoms with Gasteiger partial charge in [-0.2, -0.15) is 0 Å². The van der Waals surface area contributed by atoms with E-state index in [1.165, 1.54) is 0 Å². The summed E-state index contributed by atoms with van der Waals surface area (Å²) in [7, 11) is 0. The average Bonchev–Trinajstić information content (AvgIpc) is 2.59. The minimum absolute atomic E-state index is 0.0941. The van der Waals surface area contributed by atoms with Gasteiger partial charge in [0.05, 0.1) is 11.6 Å². The predicted molar refractivity (Wildman–Crippen MR) is 93.1 cm³/mol. The summed E-state index contributed by atoms with van der Waals surface area (Å²) in [5, 5.41) is 3.96. The van der Waals surface area contributed by atoms with E-state index in [1.54, 1.807) is 11.8 Å². The van der Waals surface area contributed by atoms with E-state index in [4.69, 9.17) is 4.74 Å². The monoisotopic (exact) mass is 328 g/mol. The van der Waals surface area contributed by atoms with E-state index in [-0.39, 0.29) is 5.91 Å². The van der Waals surface area contributed by atoms with Crippen LogP contribution < -0.4 is 10.1 Å². The van der Waals surface area contributed by atoms with Crippen LogP contribution in [0, 0.1) is 0 Å². The fourth-order valence-corrected chi connectivity index (χ4v) is 3.32. The Hall–Kier alpha value is -2.01. The molecule has 4 nitrogen and oxygen atoms in total. The van der Waals surface area contributed by atoms with Crippen LogP contribution in [0.15, 0.2) is 47.6 Å². The first-order valence-corrected chi connectivity index (χ1v) is 8.89. The summed E-state index contributed by atoms with van der Waals surface area (Å²) in [6.07, 6.45) is 5.29. The van der Waals surface area contributed by atoms with E-state index in [0.717, 1.165) is 47.0 Å². The summed E-state index contributed by atoms with van der Waals surface area (Å²) in [6.45, 7) is 0.716. The van der Waals surface area contributed by atoms with Gasteiger partial charge in [0, 0.05) is 18.3 Å². The van der Waals surface area contributed by atoms with Gasteiger partial charge in [0.1, 0.15) is 5.75 Å². The van der Waals surface area contributed by atoms with Crippen molar-refractivity contribution >= 4 is 23.4 Å². The van der Waals surface area contributed by atoms with Crippen molar-refractivity contribution in [3.8, 4) is 5.75 Å². The van der Waals surface area contributed by atoms with Crippen molar-refractivity contribution < 1.29 is 9.53 Å². The number of nitrogens with zero attached hydrogens (tertiary/aromatic N) is 1. The molecule has 0 atom stereocenters. The fraction of sp³-hybridized carbons (Fsp3) is 0.333. The molecule has 0 spiro atoms. The number of hydrogen-bond donors (Lipinski definition) is 1. The van der Waals surface area contributed by atoms with E-state index in [9.17, 15) is 4.79 Å². The third-order valence-electron chi connectivity index (χ3n) is 3.67. The summed E-state index contributed by atoms with van der Waals surface area (Å²) in [4.78, 5) is 15.6. The number of aromatic nitrogens is 1. The van der Waals surface area contributed by atoms with E-state index < -0.39 is 0 Å². The quantitative estimate of drug-likeness (QED) is 0.618. The van der Waals surface area contributed by atoms with Gasteiger partial charge in [0.25, 0.3) is 0 Å². The number of fused-ring (bicyclic) bond motifs is 1. The van der Waals surface area contributed by atoms with Crippen LogP contribution in [0.25, 0.3) is 0 Å². The number of unbranched alkanes of at least 4 members (excludes halogenated alkanes) is 1. The molecule has 2 aromatic rings. The molecular weight excluding hydrogens is 308 g/mol. The van der Waals surface area contributed by atoms with Crippen LogP contribution in [0.1, 0.15) is 24.8 Å². The van der Waals surface area contributed by atoms with Gasteiger partial charge in [-0.25, -0.2) is 4.98 Å². The lowest BCUT2D eigenvalue weighted by Crippen LogP contribution is -2.18. The highest BCUT2D eigenvalue weighted by molar-refractivity contribution is 7.99. The van der Waals surface area contributed by atoms with Crippen molar-refractivity contribution in [3.63, 3.8) is 0 Å². The van der Waals surface area contributed by atoms with E-state index in [0.29, 0.717) is 13.0 Å². The number of ether oxygens (including phenoxy) is 1. The number of pyridine rings is 1. The second kappa shape index (κ2) is 8.02. The standard InChI is InChI=1S/C18H20N2O2S/c21-17-9-6-14-13-15(7-8-16(14)20-17)22-11-3-4-12-23-18-5-1-2-10-19-18/h1-2,5,7-8,10,13H,3-4,6,9,11-12H2,(H,20,21). The molecule has 3 rings (SSSR count). The molecule has 2 heterocycles. The summed E-state index contributed by atoms with van der Waals surface area (Å²) >= 11 is 1.78. The van der Waals surface area contributed by atoms with Crippen molar-refractivity contribution in [1.29, 1.82) is 0 Å². The molecule has 0 unspecified atom stereocenters. The molecule has 23 heavy (non-hydrogen) atoms. The predicted octanol–water partition coefficient (Wildman–Crippen LogP) is 3.92. The Morgan fingerprint density at radius 3 is 3.00 bits per heavy atom. The van der Waals surface area contributed by atoms with Gasteiger partial charge >= 0.3 is 0 Å². The molecule has 5 heteroatoms. The van der Waals surface area contributed by atoms with Gasteiger partial charge in [-0.1, -0.05) is 6.07 Å². The van der Waals surface area contributed by atoms with Crippen LogP contribution >= 0.6 is 11.8 Å². The molecule has 1 aliphatic heterocycles. The van der Waals surface area contributed by atoms with Crippen LogP contribution in [-0.4, -0.2) is 23.3 Å². The van der Waals surface area contributed by atoms with Gasteiger partial charge in [0.15, 0.2) is 0 Å². The molecule has 120 valence electrons. The number of carbonyl (C=O) groups excluding carboxylic acids is 1. The lowest BCUT2D eigenvalue weighted by atomic mass is 10.0. The summed E-state index contributed by atoms with van der Waals surface area (Å²) < 4.78 is 5.81. The molecule has 0 radical (unpaired) electrons. The second-order valence-electron chi connectivity index (χ2n) is 5.44. The van der Waals surface area contributed by atoms with E-state index in [1.807, 2.05) is 42.6 Å². The van der Waals surface area contributed by atoms with E-state index in [2.05, 4.69) is 10.3 Å². The Balaban J connectivity index is 1.37. The molecule has 0 saturated carbocycles. The van der Waals surface area contributed by atoms with Gasteiger partial charge in [0.2, 0.25) is 5.91 Å². The van der Waals surface area contributed by atoms with Crippen LogP contribution in [0.5, 0.6) is 5.75 Å². The molecule has 1 amide bonds. The van der Waals surface area contributed by atoms with Crippen LogP contribution in [0.4, 0.5) is 5.69 Å². The average molecular weight is 328 g/mol. The molecule has 0 bridgehead atoms. The third kappa shape index (κ3) is 4.73. The number of amides is 1. The fourth-order valence-electron chi connectivity index (χ4n) is 2.45. The van der Waals surface area contributed by atoms with Crippen molar-refractivity contribution in [2.75, 3.05) is 17.7 Å². The number of thioether (sulfide) groups is 1. The molecule has 0 aliphatic carbocycles. The highest BCUT2D eigenvalue weighted by Crippen LogP contribution is 2.27. The number of nitrogens with one attached hydrogen (secondary N) is 1. The lowest BCUT2D eigenvalue weighted by molar-refractivity contribution is -0.116. The largest absolute Gasteiger partial charge is 0.494 e. The van der Waals surface area contributed by atoms with Crippen molar-refractivity contribution in [2.45, 2.75) is 30.7 Å². The van der Waals surface area contributed by atoms with Gasteiger partial charge < -0.3 is 10.1 Å². The molecule has 1 N–H and O–H groups in total. The zero-order chi connectivity index (χ0) is 15.9. The molecule has 0 fully saturated rings. The minimum Gasteiger partial charge on any atom is -0.494 e. The summed E-state index contributed by atoms with van der Waals surface area (Å²) in [5.41, 5.74) is 2.08. The van der Waals surface area contributed by atoms with Crippen LogP contribution in [0.3, 0.4) is 0 Å². The first-order valence-electron chi connectivity index (χ1n) is 7.91. The number of carbonyl (C=O) groups is 1. The molecule has 1 aliphatic rings. The maximum absolute atomic E-state index is 11.3. The maximum atomic E-state index is 11.3. The Bertz CT molecular complexity index is 661. The van der Waals surface area contributed by atoms with Crippen LogP contribution in [-0.2, 0) is 11.2 Å². The first kappa shape index (κ1) is 15.9. The maximum Gasteiger partial charge on any atom is 0.224 e. The van der Waals surface area contributed by atoms with Crippen molar-refractivity contribution in [2.24, 2.45) is 0 Å². The van der Waals surface area contributed by atoms with Gasteiger partial charge in [-0.05, 0) is 60.9 Å². The Labute approximate surface area is 140 Å². The minimum atomic E-state index is 0.0941. The topological polar surface area (TPSA) is 51.2 Å². The molecule has 0 saturated heterocycles. The highest BCUT2D eigenvalue weighted by atomic mass is 32.2. The number of benzene rings is 1. The summed E-state index contributed by atoms with van der Waals surface area (Å²) in [5.74, 6) is 2.03. The highest BCUT2D eigenvalue weighted by Gasteiger charge is 2.14. The number of rotatable bonds is 7. The Kier molecular flexibility index (Phi) is 5.53. The van der Waals surface area contributed by atoms with Gasteiger partial charge in [-0.3, -0.25) is 4.79 Å². The summed E-state index contributed by atoms with van der Waals surface area (Å²) in [6, 6.07) is 11.9. The van der Waals surface area contributed by atoms with Crippen molar-refractivity contribution in [3.05, 3.63) is 48.2 Å². The molecule has 1 aromatic carbocycles. The zero-order valence-electron chi connectivity index (χ0n) is 13.0. The number of hydrogen-bond acceptors (Lipinski definition) is 4. The number of anilines is 1. The van der Waals surface area contributed by atoms with Crippen LogP contribution in [0.2, 0.25) is 0 Å². The Morgan fingerprint density at radius 2 is 2.13 bits per heavy atom.